The molecule has 31 heavy (non-hydrogen) atoms. The summed E-state index contributed by atoms with van der Waals surface area (Å²) < 4.78 is 7.58. The van der Waals surface area contributed by atoms with E-state index in [1.807, 2.05) is 49.0 Å². The lowest BCUT2D eigenvalue weighted by Crippen LogP contribution is -2.20. The zero-order valence-electron chi connectivity index (χ0n) is 18.2. The summed E-state index contributed by atoms with van der Waals surface area (Å²) in [6.45, 7) is 1.64. The number of nitrogens with zero attached hydrogens (tertiary/aromatic N) is 2. The molecule has 0 aliphatic heterocycles. The molecular formula is C24H30N4O3. The number of hydrogen-bond acceptors (Lipinski definition) is 4. The first kappa shape index (κ1) is 21.2. The normalized spacial score (nSPS) is 14.4. The fraction of sp³-hybridized carbons (Fsp3) is 0.417. The first-order valence-corrected chi connectivity index (χ1v) is 10.9. The smallest absolute Gasteiger partial charge is 0.326 e. The monoisotopic (exact) mass is 422 g/mol. The van der Waals surface area contributed by atoms with E-state index in [1.165, 1.54) is 0 Å². The molecule has 7 nitrogen and oxygen atoms in total. The first-order chi connectivity index (χ1) is 15.0. The highest BCUT2D eigenvalue weighted by atomic mass is 16.5. The second-order valence-electron chi connectivity index (χ2n) is 8.45. The Morgan fingerprint density at radius 2 is 1.90 bits per heavy atom. The number of nitrogens with one attached hydrogen (secondary N) is 2. The van der Waals surface area contributed by atoms with Crippen LogP contribution in [-0.2, 0) is 0 Å². The van der Waals surface area contributed by atoms with E-state index in [9.17, 15) is 9.59 Å². The number of aromatic amines is 1. The van der Waals surface area contributed by atoms with Crippen molar-refractivity contribution in [3.05, 3.63) is 58.5 Å². The highest BCUT2D eigenvalue weighted by Crippen LogP contribution is 2.30. The molecule has 3 aromatic rings. The second kappa shape index (κ2) is 9.39. The van der Waals surface area contributed by atoms with Crippen LogP contribution < -0.4 is 15.7 Å². The van der Waals surface area contributed by atoms with Crippen molar-refractivity contribution in [3.8, 4) is 5.75 Å². The van der Waals surface area contributed by atoms with Crippen molar-refractivity contribution in [2.75, 3.05) is 32.6 Å². The van der Waals surface area contributed by atoms with Crippen LogP contribution in [0, 0.1) is 0 Å². The number of ether oxygens (including phenoxy) is 1. The Balaban J connectivity index is 1.41. The third-order valence-electron chi connectivity index (χ3n) is 5.80. The number of imidazole rings is 1. The average Bonchev–Trinajstić information content (AvgIpc) is 3.38. The maximum Gasteiger partial charge on any atom is 0.326 e. The van der Waals surface area contributed by atoms with E-state index in [0.29, 0.717) is 23.4 Å². The van der Waals surface area contributed by atoms with Crippen LogP contribution in [-0.4, -0.2) is 47.6 Å². The van der Waals surface area contributed by atoms with Crippen molar-refractivity contribution in [1.29, 1.82) is 0 Å². The number of carbonyl (C=O) groups is 1. The van der Waals surface area contributed by atoms with Gasteiger partial charge < -0.3 is 19.9 Å². The van der Waals surface area contributed by atoms with E-state index in [2.05, 4.69) is 15.2 Å². The van der Waals surface area contributed by atoms with Gasteiger partial charge in [-0.15, -0.1) is 0 Å². The summed E-state index contributed by atoms with van der Waals surface area (Å²) in [6, 6.07) is 13.0. The minimum atomic E-state index is -0.212. The first-order valence-electron chi connectivity index (χ1n) is 10.9. The van der Waals surface area contributed by atoms with Crippen LogP contribution in [0.25, 0.3) is 11.0 Å². The number of benzene rings is 2. The molecule has 4 rings (SSSR count). The Bertz CT molecular complexity index is 1090. The Hall–Kier alpha value is -3.06. The molecule has 1 aromatic heterocycles. The third-order valence-corrected chi connectivity index (χ3v) is 5.80. The van der Waals surface area contributed by atoms with Crippen LogP contribution in [0.1, 0.15) is 48.5 Å². The molecule has 0 atom stereocenters. The Morgan fingerprint density at radius 3 is 2.61 bits per heavy atom. The van der Waals surface area contributed by atoms with E-state index >= 15 is 0 Å². The van der Waals surface area contributed by atoms with Crippen molar-refractivity contribution in [3.63, 3.8) is 0 Å². The molecule has 0 saturated heterocycles. The van der Waals surface area contributed by atoms with Crippen molar-refractivity contribution in [1.82, 2.24) is 14.5 Å². The van der Waals surface area contributed by atoms with E-state index in [0.717, 1.165) is 49.9 Å². The summed E-state index contributed by atoms with van der Waals surface area (Å²) in [5.74, 6) is 0.569. The van der Waals surface area contributed by atoms with Gasteiger partial charge in [0.05, 0.1) is 17.6 Å². The van der Waals surface area contributed by atoms with Gasteiger partial charge in [0.1, 0.15) is 5.75 Å². The zero-order valence-corrected chi connectivity index (χ0v) is 18.2. The number of anilines is 1. The second-order valence-corrected chi connectivity index (χ2v) is 8.45. The van der Waals surface area contributed by atoms with Gasteiger partial charge in [0.25, 0.3) is 5.91 Å². The predicted octanol–water partition coefficient (Wildman–Crippen LogP) is 4.03. The topological polar surface area (TPSA) is 79.4 Å². The maximum atomic E-state index is 12.7. The number of rotatable bonds is 8. The lowest BCUT2D eigenvalue weighted by Gasteiger charge is -2.12. The highest BCUT2D eigenvalue weighted by molar-refractivity contribution is 6.05. The number of hydrogen-bond donors (Lipinski definition) is 2. The van der Waals surface area contributed by atoms with Crippen LogP contribution in [0.2, 0.25) is 0 Å². The van der Waals surface area contributed by atoms with Crippen molar-refractivity contribution in [2.45, 2.75) is 38.1 Å². The quantitative estimate of drug-likeness (QED) is 0.537. The fourth-order valence-corrected chi connectivity index (χ4v) is 4.21. The lowest BCUT2D eigenvalue weighted by molar-refractivity contribution is 0.102. The van der Waals surface area contributed by atoms with Gasteiger partial charge in [-0.05, 0) is 75.8 Å². The maximum absolute atomic E-state index is 12.7. The predicted molar refractivity (Wildman–Crippen MR) is 123 cm³/mol. The summed E-state index contributed by atoms with van der Waals surface area (Å²) in [7, 11) is 4.08. The number of fused-ring (bicyclic) bond motifs is 1. The van der Waals surface area contributed by atoms with Gasteiger partial charge in [-0.2, -0.15) is 0 Å². The van der Waals surface area contributed by atoms with Gasteiger partial charge >= 0.3 is 5.69 Å². The number of H-pyrrole nitrogens is 1. The average molecular weight is 423 g/mol. The Morgan fingerprint density at radius 1 is 1.16 bits per heavy atom. The molecular weight excluding hydrogens is 392 g/mol. The van der Waals surface area contributed by atoms with Gasteiger partial charge in [-0.25, -0.2) is 4.79 Å². The Labute approximate surface area is 182 Å². The number of aromatic nitrogens is 2. The van der Waals surface area contributed by atoms with Crippen LogP contribution in [0.5, 0.6) is 5.75 Å². The SMILES string of the molecule is CN(C)CCCOc1ccc(NC(=O)c2ccc3c(c2)[nH]c(=O)n3C2CCCC2)cc1. The largest absolute Gasteiger partial charge is 0.494 e. The van der Waals surface area contributed by atoms with Crippen molar-refractivity contribution < 1.29 is 9.53 Å². The van der Waals surface area contributed by atoms with Crippen LogP contribution >= 0.6 is 0 Å². The molecule has 0 bridgehead atoms. The molecule has 2 aromatic carbocycles. The molecule has 1 heterocycles. The molecule has 7 heteroatoms. The third kappa shape index (κ3) is 4.99. The van der Waals surface area contributed by atoms with E-state index in [1.54, 1.807) is 12.1 Å². The highest BCUT2D eigenvalue weighted by Gasteiger charge is 2.21. The molecule has 1 saturated carbocycles. The molecule has 0 unspecified atom stereocenters. The van der Waals surface area contributed by atoms with Gasteiger partial charge in [0.2, 0.25) is 0 Å². The van der Waals surface area contributed by atoms with Gasteiger partial charge in [0, 0.05) is 23.8 Å². The summed E-state index contributed by atoms with van der Waals surface area (Å²) in [6.07, 6.45) is 5.34. The molecule has 2 N–H and O–H groups in total. The van der Waals surface area contributed by atoms with Gasteiger partial charge in [0.15, 0.2) is 0 Å². The molecule has 164 valence electrons. The molecule has 1 fully saturated rings. The molecule has 1 aliphatic carbocycles. The standard InChI is InChI=1S/C24H30N4O3/c1-27(2)14-5-15-31-20-11-9-18(10-12-20)25-23(29)17-8-13-22-21(16-17)26-24(30)28(22)19-6-3-4-7-19/h8-13,16,19H,3-7,14-15H2,1-2H3,(H,25,29)(H,26,30). The van der Waals surface area contributed by atoms with Crippen molar-refractivity contribution >= 4 is 22.6 Å². The van der Waals surface area contributed by atoms with Gasteiger partial charge in [-0.1, -0.05) is 12.8 Å². The number of amides is 1. The fourth-order valence-electron chi connectivity index (χ4n) is 4.21. The molecule has 0 spiro atoms. The minimum absolute atomic E-state index is 0.0966. The van der Waals surface area contributed by atoms with E-state index in [4.69, 9.17) is 4.74 Å². The van der Waals surface area contributed by atoms with E-state index in [-0.39, 0.29) is 17.6 Å². The van der Waals surface area contributed by atoms with E-state index < -0.39 is 0 Å². The number of carbonyl (C=O) groups excluding carboxylic acids is 1. The molecule has 1 amide bonds. The summed E-state index contributed by atoms with van der Waals surface area (Å²) in [5.41, 5.74) is 2.68. The van der Waals surface area contributed by atoms with Crippen LogP contribution in [0.15, 0.2) is 47.3 Å². The summed E-state index contributed by atoms with van der Waals surface area (Å²) >= 11 is 0. The summed E-state index contributed by atoms with van der Waals surface area (Å²) in [5, 5.41) is 2.91. The van der Waals surface area contributed by atoms with Crippen LogP contribution in [0.3, 0.4) is 0 Å². The molecule has 1 aliphatic rings. The van der Waals surface area contributed by atoms with Gasteiger partial charge in [-0.3, -0.25) is 9.36 Å². The minimum Gasteiger partial charge on any atom is -0.494 e. The van der Waals surface area contributed by atoms with Crippen LogP contribution in [0.4, 0.5) is 5.69 Å². The Kier molecular flexibility index (Phi) is 6.42. The van der Waals surface area contributed by atoms with Crippen molar-refractivity contribution in [2.24, 2.45) is 0 Å². The lowest BCUT2D eigenvalue weighted by atomic mass is 10.1. The summed E-state index contributed by atoms with van der Waals surface area (Å²) in [4.78, 5) is 30.2. The molecule has 0 radical (unpaired) electrons. The zero-order chi connectivity index (χ0) is 21.8.